The van der Waals surface area contributed by atoms with Crippen LogP contribution in [0.2, 0.25) is 0 Å². The van der Waals surface area contributed by atoms with E-state index in [1.807, 2.05) is 0 Å². The summed E-state index contributed by atoms with van der Waals surface area (Å²) in [7, 11) is -4.73. The number of unbranched alkanes of at least 4 members (excludes halogenated alkanes) is 21. The van der Waals surface area contributed by atoms with Gasteiger partial charge in [0.2, 0.25) is 0 Å². The molecule has 0 aliphatic heterocycles. The van der Waals surface area contributed by atoms with Crippen molar-refractivity contribution in [3.8, 4) is 0 Å². The van der Waals surface area contributed by atoms with Crippen LogP contribution < -0.4 is 0 Å². The average molecular weight is 607 g/mol. The summed E-state index contributed by atoms with van der Waals surface area (Å²) in [4.78, 5) is 42.4. The fourth-order valence-electron chi connectivity index (χ4n) is 4.84. The molecule has 244 valence electrons. The predicted octanol–water partition coefficient (Wildman–Crippen LogP) is 9.34. The predicted molar refractivity (Wildman–Crippen MR) is 166 cm³/mol. The van der Waals surface area contributed by atoms with E-state index in [9.17, 15) is 14.2 Å². The highest BCUT2D eigenvalue weighted by molar-refractivity contribution is 7.46. The third kappa shape index (κ3) is 31.8. The van der Waals surface area contributed by atoms with Gasteiger partial charge < -0.3 is 19.3 Å². The summed E-state index contributed by atoms with van der Waals surface area (Å²) in [5.74, 6) is -0.878. The number of rotatable bonds is 31. The van der Waals surface area contributed by atoms with Gasteiger partial charge in [-0.3, -0.25) is 14.1 Å². The minimum atomic E-state index is -4.73. The minimum absolute atomic E-state index is 0.218. The van der Waals surface area contributed by atoms with Crippen LogP contribution in [0.15, 0.2) is 0 Å². The summed E-state index contributed by atoms with van der Waals surface area (Å²) < 4.78 is 26.2. The highest BCUT2D eigenvalue weighted by Crippen LogP contribution is 2.36. The lowest BCUT2D eigenvalue weighted by atomic mass is 10.0. The van der Waals surface area contributed by atoms with Crippen molar-refractivity contribution < 1.29 is 37.9 Å². The van der Waals surface area contributed by atoms with Crippen molar-refractivity contribution in [2.45, 2.75) is 180 Å². The van der Waals surface area contributed by atoms with E-state index < -0.39 is 32.5 Å². The van der Waals surface area contributed by atoms with Crippen LogP contribution in [0.25, 0.3) is 0 Å². The molecule has 0 saturated carbocycles. The summed E-state index contributed by atoms with van der Waals surface area (Å²) >= 11 is 0. The maximum Gasteiger partial charge on any atom is 0.469 e. The molecule has 0 rings (SSSR count). The fourth-order valence-corrected chi connectivity index (χ4v) is 5.20. The largest absolute Gasteiger partial charge is 0.469 e. The Morgan fingerprint density at radius 3 is 1.24 bits per heavy atom. The van der Waals surface area contributed by atoms with E-state index in [1.165, 1.54) is 103 Å². The van der Waals surface area contributed by atoms with E-state index in [-0.39, 0.29) is 19.4 Å². The first-order chi connectivity index (χ1) is 19.8. The lowest BCUT2D eigenvalue weighted by Gasteiger charge is -2.18. The summed E-state index contributed by atoms with van der Waals surface area (Å²) in [5.41, 5.74) is 0. The Hall–Kier alpha value is -0.950. The zero-order valence-electron chi connectivity index (χ0n) is 26.5. The van der Waals surface area contributed by atoms with E-state index in [4.69, 9.17) is 19.3 Å². The molecule has 9 heteroatoms. The summed E-state index contributed by atoms with van der Waals surface area (Å²) in [6, 6.07) is 0. The molecule has 0 bridgehead atoms. The first-order valence-electron chi connectivity index (χ1n) is 16.8. The molecule has 2 N–H and O–H groups in total. The van der Waals surface area contributed by atoms with Gasteiger partial charge in [0.05, 0.1) is 6.61 Å². The molecule has 8 nitrogen and oxygen atoms in total. The highest BCUT2D eigenvalue weighted by atomic mass is 31.2. The van der Waals surface area contributed by atoms with Crippen molar-refractivity contribution in [1.29, 1.82) is 0 Å². The van der Waals surface area contributed by atoms with Crippen LogP contribution in [0.1, 0.15) is 174 Å². The molecule has 0 spiro atoms. The molecule has 0 unspecified atom stereocenters. The number of ether oxygens (including phenoxy) is 2. The topological polar surface area (TPSA) is 119 Å². The Morgan fingerprint density at radius 2 is 0.878 bits per heavy atom. The molecule has 0 radical (unpaired) electrons. The zero-order chi connectivity index (χ0) is 30.4. The number of hydrogen-bond acceptors (Lipinski definition) is 6. The maximum atomic E-state index is 12.3. The third-order valence-corrected chi connectivity index (χ3v) is 7.86. The Balaban J connectivity index is 3.99. The van der Waals surface area contributed by atoms with Crippen molar-refractivity contribution in [3.63, 3.8) is 0 Å². The molecule has 41 heavy (non-hydrogen) atoms. The smallest absolute Gasteiger partial charge is 0.462 e. The van der Waals surface area contributed by atoms with Gasteiger partial charge in [-0.05, 0) is 12.8 Å². The SMILES string of the molecule is CCCCCCCCCCCCCCC(=O)OC[C@H](COP(=O)(O)O)OC(=O)CCCCCCCCCCCCC. The van der Waals surface area contributed by atoms with E-state index in [1.54, 1.807) is 0 Å². The normalized spacial score (nSPS) is 12.4. The van der Waals surface area contributed by atoms with Crippen LogP contribution in [-0.4, -0.2) is 41.0 Å². The molecule has 0 amide bonds. The number of esters is 2. The van der Waals surface area contributed by atoms with Gasteiger partial charge in [0.15, 0.2) is 6.10 Å². The van der Waals surface area contributed by atoms with Gasteiger partial charge in [0.25, 0.3) is 0 Å². The summed E-state index contributed by atoms with van der Waals surface area (Å²) in [5, 5.41) is 0. The van der Waals surface area contributed by atoms with Gasteiger partial charge in [-0.2, -0.15) is 0 Å². The van der Waals surface area contributed by atoms with E-state index in [0.717, 1.165) is 38.5 Å². The van der Waals surface area contributed by atoms with Crippen LogP contribution in [0, 0.1) is 0 Å². The number of phosphoric acid groups is 1. The lowest BCUT2D eigenvalue weighted by Crippen LogP contribution is -2.29. The van der Waals surface area contributed by atoms with Crippen LogP contribution in [0.4, 0.5) is 0 Å². The van der Waals surface area contributed by atoms with Crippen molar-refractivity contribution in [2.24, 2.45) is 0 Å². The molecular formula is C32H63O8P. The highest BCUT2D eigenvalue weighted by Gasteiger charge is 2.22. The molecule has 0 aromatic rings. The molecule has 0 fully saturated rings. The first-order valence-corrected chi connectivity index (χ1v) is 18.4. The molecule has 0 heterocycles. The average Bonchev–Trinajstić information content (AvgIpc) is 2.93. The Morgan fingerprint density at radius 1 is 0.537 bits per heavy atom. The molecule has 1 atom stereocenters. The molecule has 0 aliphatic carbocycles. The van der Waals surface area contributed by atoms with Gasteiger partial charge in [-0.15, -0.1) is 0 Å². The van der Waals surface area contributed by atoms with Gasteiger partial charge in [0, 0.05) is 12.8 Å². The maximum absolute atomic E-state index is 12.3. The van der Waals surface area contributed by atoms with Crippen molar-refractivity contribution in [2.75, 3.05) is 13.2 Å². The standard InChI is InChI=1S/C32H63O8P/c1-3-5-7-9-11-13-15-17-18-20-22-24-26-31(33)38-28-30(29-39-41(35,36)37)40-32(34)27-25-23-21-19-16-14-12-10-8-6-4-2/h30H,3-29H2,1-2H3,(H2,35,36,37)/t30-/m1/s1. The van der Waals surface area contributed by atoms with Crippen LogP contribution in [0.3, 0.4) is 0 Å². The number of hydrogen-bond donors (Lipinski definition) is 2. The Labute approximate surface area is 251 Å². The van der Waals surface area contributed by atoms with Crippen LogP contribution >= 0.6 is 7.82 Å². The van der Waals surface area contributed by atoms with E-state index in [0.29, 0.717) is 6.42 Å². The Bertz CT molecular complexity index is 652. The fraction of sp³-hybridized carbons (Fsp3) is 0.938. The second kappa shape index (κ2) is 29.1. The minimum Gasteiger partial charge on any atom is -0.462 e. The zero-order valence-corrected chi connectivity index (χ0v) is 27.4. The summed E-state index contributed by atoms with van der Waals surface area (Å²) in [6.07, 6.45) is 26.8. The van der Waals surface area contributed by atoms with E-state index >= 15 is 0 Å². The molecule has 0 aromatic heterocycles. The quantitative estimate of drug-likeness (QED) is 0.0455. The second-order valence-electron chi connectivity index (χ2n) is 11.5. The monoisotopic (exact) mass is 606 g/mol. The number of carbonyl (C=O) groups excluding carboxylic acids is 2. The summed E-state index contributed by atoms with van der Waals surface area (Å²) in [6.45, 7) is 3.66. The van der Waals surface area contributed by atoms with Gasteiger partial charge in [-0.1, -0.05) is 149 Å². The third-order valence-electron chi connectivity index (χ3n) is 7.38. The van der Waals surface area contributed by atoms with E-state index in [2.05, 4.69) is 18.4 Å². The van der Waals surface area contributed by atoms with Crippen molar-refractivity contribution >= 4 is 19.8 Å². The van der Waals surface area contributed by atoms with Crippen molar-refractivity contribution in [3.05, 3.63) is 0 Å². The van der Waals surface area contributed by atoms with Gasteiger partial charge in [0.1, 0.15) is 6.61 Å². The second-order valence-corrected chi connectivity index (χ2v) is 12.7. The first kappa shape index (κ1) is 40.1. The number of carbonyl (C=O) groups is 2. The molecule has 0 aromatic carbocycles. The van der Waals surface area contributed by atoms with Crippen LogP contribution in [0.5, 0.6) is 0 Å². The number of phosphoric ester groups is 1. The lowest BCUT2D eigenvalue weighted by molar-refractivity contribution is -0.161. The van der Waals surface area contributed by atoms with Crippen molar-refractivity contribution in [1.82, 2.24) is 0 Å². The molecule has 0 saturated heterocycles. The van der Waals surface area contributed by atoms with Gasteiger partial charge >= 0.3 is 19.8 Å². The van der Waals surface area contributed by atoms with Gasteiger partial charge in [-0.25, -0.2) is 4.57 Å². The Kier molecular flexibility index (Phi) is 28.5. The molecule has 0 aliphatic rings. The van der Waals surface area contributed by atoms with Crippen LogP contribution in [-0.2, 0) is 28.2 Å². The molecular weight excluding hydrogens is 543 g/mol.